The van der Waals surface area contributed by atoms with E-state index >= 15 is 0 Å². The fraction of sp³-hybridized carbons (Fsp3) is 0.786. The van der Waals surface area contributed by atoms with E-state index in [2.05, 4.69) is 5.32 Å². The number of nitrogens with one attached hydrogen (secondary N) is 1. The van der Waals surface area contributed by atoms with Crippen molar-refractivity contribution in [3.8, 4) is 0 Å². The lowest BCUT2D eigenvalue weighted by Crippen LogP contribution is -2.34. The van der Waals surface area contributed by atoms with Crippen LogP contribution in [0.5, 0.6) is 0 Å². The van der Waals surface area contributed by atoms with Crippen molar-refractivity contribution >= 4 is 17.8 Å². The maximum Gasteiger partial charge on any atom is 0.308 e. The molecule has 0 bridgehead atoms. The van der Waals surface area contributed by atoms with Crippen molar-refractivity contribution in [2.75, 3.05) is 19.6 Å². The SMILES string of the molecule is CC(C)CC(=O)NCCC(=O)N1C[C@@H](C)[C@H](C(=O)O)C1. The molecule has 0 saturated carbocycles. The lowest BCUT2D eigenvalue weighted by Gasteiger charge is -2.16. The topological polar surface area (TPSA) is 86.7 Å². The van der Waals surface area contributed by atoms with E-state index in [0.29, 0.717) is 25.4 Å². The number of hydrogen-bond acceptors (Lipinski definition) is 3. The van der Waals surface area contributed by atoms with Crippen molar-refractivity contribution in [3.05, 3.63) is 0 Å². The van der Waals surface area contributed by atoms with E-state index in [1.165, 1.54) is 0 Å². The van der Waals surface area contributed by atoms with Crippen LogP contribution >= 0.6 is 0 Å². The van der Waals surface area contributed by atoms with Gasteiger partial charge in [-0.25, -0.2) is 0 Å². The standard InChI is InChI=1S/C14H24N2O4/c1-9(2)6-12(17)15-5-4-13(18)16-7-10(3)11(8-16)14(19)20/h9-11H,4-8H2,1-3H3,(H,15,17)(H,19,20)/t10-,11-/m1/s1. The Kier molecular flexibility index (Phi) is 5.98. The summed E-state index contributed by atoms with van der Waals surface area (Å²) < 4.78 is 0. The average Bonchev–Trinajstić information content (AvgIpc) is 2.70. The molecule has 2 atom stereocenters. The van der Waals surface area contributed by atoms with Crippen LogP contribution in [-0.4, -0.2) is 47.4 Å². The Bertz CT molecular complexity index is 381. The van der Waals surface area contributed by atoms with Crippen LogP contribution < -0.4 is 5.32 Å². The maximum absolute atomic E-state index is 11.9. The van der Waals surface area contributed by atoms with Gasteiger partial charge in [0.1, 0.15) is 0 Å². The summed E-state index contributed by atoms with van der Waals surface area (Å²) in [7, 11) is 0. The Morgan fingerprint density at radius 3 is 2.45 bits per heavy atom. The van der Waals surface area contributed by atoms with Gasteiger partial charge in [-0.3, -0.25) is 14.4 Å². The van der Waals surface area contributed by atoms with E-state index in [-0.39, 0.29) is 30.7 Å². The first-order valence-electron chi connectivity index (χ1n) is 7.08. The third-order valence-electron chi connectivity index (χ3n) is 3.54. The van der Waals surface area contributed by atoms with Crippen LogP contribution in [0.15, 0.2) is 0 Å². The minimum atomic E-state index is -0.849. The van der Waals surface area contributed by atoms with E-state index in [1.54, 1.807) is 4.90 Å². The van der Waals surface area contributed by atoms with Gasteiger partial charge in [0.05, 0.1) is 5.92 Å². The third-order valence-corrected chi connectivity index (χ3v) is 3.54. The van der Waals surface area contributed by atoms with Crippen LogP contribution in [0.1, 0.15) is 33.6 Å². The van der Waals surface area contributed by atoms with Gasteiger partial charge in [-0.1, -0.05) is 20.8 Å². The van der Waals surface area contributed by atoms with Gasteiger partial charge in [0.15, 0.2) is 0 Å². The molecule has 0 unspecified atom stereocenters. The van der Waals surface area contributed by atoms with Crippen LogP contribution in [0, 0.1) is 17.8 Å². The summed E-state index contributed by atoms with van der Waals surface area (Å²) in [5.74, 6) is -1.20. The molecular formula is C14H24N2O4. The molecule has 6 heteroatoms. The highest BCUT2D eigenvalue weighted by molar-refractivity contribution is 5.80. The molecule has 2 amide bonds. The normalized spacial score (nSPS) is 22.1. The molecule has 1 aliphatic heterocycles. The highest BCUT2D eigenvalue weighted by Crippen LogP contribution is 2.23. The number of rotatable bonds is 6. The van der Waals surface area contributed by atoms with Crippen LogP contribution in [0.25, 0.3) is 0 Å². The van der Waals surface area contributed by atoms with E-state index in [0.717, 1.165) is 0 Å². The Morgan fingerprint density at radius 1 is 1.30 bits per heavy atom. The molecule has 1 aliphatic rings. The first-order valence-corrected chi connectivity index (χ1v) is 7.08. The number of carboxylic acid groups (broad SMARTS) is 1. The molecule has 0 aromatic heterocycles. The van der Waals surface area contributed by atoms with E-state index in [4.69, 9.17) is 5.11 Å². The Morgan fingerprint density at radius 2 is 1.95 bits per heavy atom. The van der Waals surface area contributed by atoms with Gasteiger partial charge in [0, 0.05) is 32.5 Å². The number of carbonyl (C=O) groups excluding carboxylic acids is 2. The van der Waals surface area contributed by atoms with Gasteiger partial charge < -0.3 is 15.3 Å². The Balaban J connectivity index is 2.31. The first-order chi connectivity index (χ1) is 9.31. The Hall–Kier alpha value is -1.59. The highest BCUT2D eigenvalue weighted by atomic mass is 16.4. The monoisotopic (exact) mass is 284 g/mol. The van der Waals surface area contributed by atoms with Gasteiger partial charge in [-0.15, -0.1) is 0 Å². The number of nitrogens with zero attached hydrogens (tertiary/aromatic N) is 1. The second kappa shape index (κ2) is 7.26. The van der Waals surface area contributed by atoms with Crippen molar-refractivity contribution in [3.63, 3.8) is 0 Å². The van der Waals surface area contributed by atoms with Crippen LogP contribution in [-0.2, 0) is 14.4 Å². The highest BCUT2D eigenvalue weighted by Gasteiger charge is 2.36. The largest absolute Gasteiger partial charge is 0.481 e. The summed E-state index contributed by atoms with van der Waals surface area (Å²) in [6, 6.07) is 0. The molecule has 0 aromatic carbocycles. The molecule has 1 saturated heterocycles. The van der Waals surface area contributed by atoms with Crippen molar-refractivity contribution in [2.45, 2.75) is 33.6 Å². The zero-order valence-electron chi connectivity index (χ0n) is 12.4. The molecule has 114 valence electrons. The van der Waals surface area contributed by atoms with Crippen LogP contribution in [0.4, 0.5) is 0 Å². The molecule has 0 spiro atoms. The molecule has 6 nitrogen and oxygen atoms in total. The molecule has 0 aliphatic carbocycles. The number of carboxylic acids is 1. The first kappa shape index (κ1) is 16.5. The molecular weight excluding hydrogens is 260 g/mol. The van der Waals surface area contributed by atoms with Crippen molar-refractivity contribution in [1.29, 1.82) is 0 Å². The van der Waals surface area contributed by atoms with Gasteiger partial charge in [-0.05, 0) is 11.8 Å². The van der Waals surface area contributed by atoms with Gasteiger partial charge in [0.25, 0.3) is 0 Å². The molecule has 1 heterocycles. The fourth-order valence-electron chi connectivity index (χ4n) is 2.40. The van der Waals surface area contributed by atoms with Crippen molar-refractivity contribution < 1.29 is 19.5 Å². The smallest absolute Gasteiger partial charge is 0.308 e. The lowest BCUT2D eigenvalue weighted by molar-refractivity contribution is -0.142. The Labute approximate surface area is 119 Å². The fourth-order valence-corrected chi connectivity index (χ4v) is 2.40. The predicted octanol–water partition coefficient (Wildman–Crippen LogP) is 0.718. The number of hydrogen-bond donors (Lipinski definition) is 2. The molecule has 20 heavy (non-hydrogen) atoms. The maximum atomic E-state index is 11.9. The summed E-state index contributed by atoms with van der Waals surface area (Å²) in [5.41, 5.74) is 0. The summed E-state index contributed by atoms with van der Waals surface area (Å²) in [5, 5.41) is 11.7. The number of carbonyl (C=O) groups is 3. The van der Waals surface area contributed by atoms with Crippen molar-refractivity contribution in [2.24, 2.45) is 17.8 Å². The van der Waals surface area contributed by atoms with Gasteiger partial charge in [-0.2, -0.15) is 0 Å². The molecule has 1 rings (SSSR count). The molecule has 0 radical (unpaired) electrons. The average molecular weight is 284 g/mol. The van der Waals surface area contributed by atoms with Crippen molar-refractivity contribution in [1.82, 2.24) is 10.2 Å². The lowest BCUT2D eigenvalue weighted by atomic mass is 9.99. The van der Waals surface area contributed by atoms with Crippen LogP contribution in [0.3, 0.4) is 0 Å². The predicted molar refractivity (Wildman–Crippen MR) is 74.0 cm³/mol. The zero-order chi connectivity index (χ0) is 15.3. The molecule has 0 aromatic rings. The second-order valence-corrected chi connectivity index (χ2v) is 5.92. The zero-order valence-corrected chi connectivity index (χ0v) is 12.4. The minimum Gasteiger partial charge on any atom is -0.481 e. The third kappa shape index (κ3) is 4.83. The number of amides is 2. The van der Waals surface area contributed by atoms with E-state index in [9.17, 15) is 14.4 Å². The molecule has 2 N–H and O–H groups in total. The van der Waals surface area contributed by atoms with E-state index < -0.39 is 11.9 Å². The summed E-state index contributed by atoms with van der Waals surface area (Å²) in [6.07, 6.45) is 0.679. The van der Waals surface area contributed by atoms with E-state index in [1.807, 2.05) is 20.8 Å². The molecule has 1 fully saturated rings. The number of likely N-dealkylation sites (tertiary alicyclic amines) is 1. The van der Waals surface area contributed by atoms with Crippen LogP contribution in [0.2, 0.25) is 0 Å². The minimum absolute atomic E-state index is 0.0213. The quantitative estimate of drug-likeness (QED) is 0.752. The number of aliphatic carboxylic acids is 1. The van der Waals surface area contributed by atoms with Gasteiger partial charge in [0.2, 0.25) is 11.8 Å². The summed E-state index contributed by atoms with van der Waals surface area (Å²) >= 11 is 0. The van der Waals surface area contributed by atoms with Gasteiger partial charge >= 0.3 is 5.97 Å². The summed E-state index contributed by atoms with van der Waals surface area (Å²) in [4.78, 5) is 36.0. The second-order valence-electron chi connectivity index (χ2n) is 5.92. The summed E-state index contributed by atoms with van der Waals surface area (Å²) in [6.45, 7) is 6.83.